The number of morpholine rings is 1. The molecule has 2 unspecified atom stereocenters. The number of unbranched alkanes of at least 4 members (excludes halogenated alkanes) is 1. The lowest BCUT2D eigenvalue weighted by molar-refractivity contribution is 0.0157. The highest BCUT2D eigenvalue weighted by atomic mass is 35.5. The van der Waals surface area contributed by atoms with Crippen molar-refractivity contribution in [1.29, 1.82) is 0 Å². The second-order valence-electron chi connectivity index (χ2n) is 34.2. The number of hydrogen-bond donors (Lipinski definition) is 2. The molecule has 32 heteroatoms. The molecule has 0 radical (unpaired) electrons. The van der Waals surface area contributed by atoms with Gasteiger partial charge in [0.15, 0.2) is 0 Å². The molecule has 1 saturated carbocycles. The van der Waals surface area contributed by atoms with Crippen molar-refractivity contribution in [2.24, 2.45) is 27.1 Å². The Labute approximate surface area is 792 Å². The highest BCUT2D eigenvalue weighted by Crippen LogP contribution is 2.43. The molecule has 18 rings (SSSR count). The molecule has 16 aromatic rings. The molecule has 2 aliphatic rings. The van der Waals surface area contributed by atoms with Gasteiger partial charge in [-0.15, -0.1) is 18.2 Å². The fourth-order valence-electron chi connectivity index (χ4n) is 16.0. The minimum atomic E-state index is -0.103. The van der Waals surface area contributed by atoms with Crippen LogP contribution in [0.2, 0.25) is 0 Å². The third kappa shape index (κ3) is 24.1. The second kappa shape index (κ2) is 43.9. The van der Waals surface area contributed by atoms with Gasteiger partial charge < -0.3 is 72.9 Å². The summed E-state index contributed by atoms with van der Waals surface area (Å²) in [5.41, 5.74) is 21.5. The normalized spacial score (nSPS) is 13.5. The van der Waals surface area contributed by atoms with E-state index >= 15 is 0 Å². The van der Waals surface area contributed by atoms with Crippen molar-refractivity contribution in [3.8, 4) is 91.0 Å². The third-order valence-corrected chi connectivity index (χ3v) is 23.3. The van der Waals surface area contributed by atoms with Crippen molar-refractivity contribution >= 4 is 101 Å². The number of anilines is 8. The molecule has 700 valence electrons. The maximum Gasteiger partial charge on any atom is 0.124 e. The van der Waals surface area contributed by atoms with Crippen molar-refractivity contribution < 1.29 is 42.6 Å². The van der Waals surface area contributed by atoms with Gasteiger partial charge in [-0.05, 0) is 125 Å². The number of benzene rings is 8. The molecular weight excluding hydrogens is 1720 g/mol. The molecule has 1 saturated heterocycles. The SMILES string of the molecule is C=CCn1cc(-c2cnc3ccc(N(CC4CC4)c4cc(OC)cc(OC)c4)cc3n2)cn1.COc1cc(OC)cc(N(CC2COCC(C)(C)N2)c2ccc3ncc(-c4cnn(C)c4)nc3c2)c1.COc1cc(OC)cc(N(CCCCCl)c2ccc3ncc(-c4cnn(C)c4)nc3c2)c1.COc1cc(OC)cc(N(c2ccc3ncc(-c4cnn(C)c4)nc3c2)C(C)CNC(C)C)c1. The summed E-state index contributed by atoms with van der Waals surface area (Å²) < 4.78 is 57.3. The Hall–Kier alpha value is -14.5. The standard InChI is InChI=1S/C27H32N6O3.C26H32N6O2.C26H27N5O2.C24H26ClN5O2/c1-27(2)17-36-16-19(31-27)15-33(21-8-22(34-4)11-23(9-21)35-5)20-6-7-24-25(10-20)30-26(13-28-24)18-12-29-32(3)14-18;1-17(2)27-13-18(3)32(21-9-22(33-5)12-23(10-21)34-6)20-7-8-24-25(11-20)30-26(15-28-24)19-14-29-31(4)16-19;1-4-9-30-17-19(14-28-30)26-15-27-24-8-7-20(12-25(24)29-26)31(16-18-5-6-18)21-10-22(32-2)13-23(11-21)33-3;1-29-16-17(14-27-29)24-15-26-22-7-6-18(12-23(22)28-24)30(9-5-4-8-25)19-10-20(31-2)13-21(11-19)32-3/h6-14,19,31H,15-17H2,1-5H3;7-12,14-18,27H,13H2,1-6H3;4,7-8,10-15,17-18H,1,5-6,9,16H2,2-3H3;6-7,10-16H,4-5,8-9H2,1-3H3. The van der Waals surface area contributed by atoms with Crippen LogP contribution in [0.25, 0.3) is 89.2 Å². The number of aromatic nitrogens is 16. The summed E-state index contributed by atoms with van der Waals surface area (Å²) in [7, 11) is 19.0. The van der Waals surface area contributed by atoms with Gasteiger partial charge >= 0.3 is 0 Å². The Kier molecular flexibility index (Phi) is 30.9. The molecule has 0 amide bonds. The molecule has 9 heterocycles. The summed E-state index contributed by atoms with van der Waals surface area (Å²) in [6, 6.07) is 49.0. The summed E-state index contributed by atoms with van der Waals surface area (Å²) >= 11 is 5.94. The largest absolute Gasteiger partial charge is 0.497 e. The van der Waals surface area contributed by atoms with Gasteiger partial charge in [0.05, 0.1) is 193 Å². The van der Waals surface area contributed by atoms with E-state index in [-0.39, 0.29) is 17.6 Å². The summed E-state index contributed by atoms with van der Waals surface area (Å²) in [4.78, 5) is 47.1. The number of alkyl halides is 1. The van der Waals surface area contributed by atoms with Gasteiger partial charge in [0.1, 0.15) is 46.0 Å². The predicted molar refractivity (Wildman–Crippen MR) is 535 cm³/mol. The van der Waals surface area contributed by atoms with Crippen molar-refractivity contribution in [2.75, 3.05) is 122 Å². The number of halogens is 1. The Morgan fingerprint density at radius 2 is 0.793 bits per heavy atom. The quantitative estimate of drug-likeness (QED) is 0.0215. The number of aryl methyl sites for hydroxylation is 3. The topological polar surface area (TPSA) is 294 Å². The zero-order chi connectivity index (χ0) is 94.8. The van der Waals surface area contributed by atoms with Gasteiger partial charge in [-0.2, -0.15) is 20.4 Å². The van der Waals surface area contributed by atoms with Gasteiger partial charge in [0.25, 0.3) is 0 Å². The predicted octanol–water partition coefficient (Wildman–Crippen LogP) is 19.0. The lowest BCUT2D eigenvalue weighted by atomic mass is 10.0. The van der Waals surface area contributed by atoms with Crippen LogP contribution in [0.15, 0.2) is 233 Å². The smallest absolute Gasteiger partial charge is 0.124 e. The van der Waals surface area contributed by atoms with Crippen LogP contribution in [-0.4, -0.2) is 205 Å². The lowest BCUT2D eigenvalue weighted by Gasteiger charge is -2.39. The second-order valence-corrected chi connectivity index (χ2v) is 34.6. The molecule has 8 aromatic heterocycles. The van der Waals surface area contributed by atoms with Crippen LogP contribution >= 0.6 is 11.6 Å². The molecule has 1 aliphatic carbocycles. The van der Waals surface area contributed by atoms with Crippen molar-refractivity contribution in [3.05, 3.63) is 233 Å². The van der Waals surface area contributed by atoms with Gasteiger partial charge in [0.2, 0.25) is 0 Å². The molecule has 2 atom stereocenters. The van der Waals surface area contributed by atoms with Crippen LogP contribution < -0.4 is 68.1 Å². The monoisotopic (exact) mass is 1840 g/mol. The first-order valence-corrected chi connectivity index (χ1v) is 45.4. The average molecular weight is 1840 g/mol. The van der Waals surface area contributed by atoms with E-state index in [2.05, 4.69) is 160 Å². The number of rotatable bonds is 34. The number of ether oxygens (including phenoxy) is 9. The van der Waals surface area contributed by atoms with E-state index in [0.717, 1.165) is 213 Å². The number of allylic oxidation sites excluding steroid dienone is 1. The Bertz CT molecular complexity index is 6650. The molecule has 31 nitrogen and oxygen atoms in total. The van der Waals surface area contributed by atoms with Crippen LogP contribution in [0.4, 0.5) is 45.5 Å². The van der Waals surface area contributed by atoms with E-state index in [1.165, 1.54) is 12.8 Å². The maximum absolute atomic E-state index is 5.94. The highest BCUT2D eigenvalue weighted by Gasteiger charge is 2.32. The van der Waals surface area contributed by atoms with Gasteiger partial charge in [-0.1, -0.05) is 19.9 Å². The number of nitrogens with one attached hydrogen (secondary N) is 2. The zero-order valence-electron chi connectivity index (χ0n) is 79.4. The van der Waals surface area contributed by atoms with Crippen LogP contribution in [0.3, 0.4) is 0 Å². The van der Waals surface area contributed by atoms with E-state index in [4.69, 9.17) is 74.2 Å². The first-order chi connectivity index (χ1) is 65.5. The van der Waals surface area contributed by atoms with E-state index in [9.17, 15) is 0 Å². The minimum Gasteiger partial charge on any atom is -0.497 e. The maximum atomic E-state index is 5.94. The van der Waals surface area contributed by atoms with E-state index in [0.29, 0.717) is 44.1 Å². The van der Waals surface area contributed by atoms with Crippen molar-refractivity contribution in [3.63, 3.8) is 0 Å². The van der Waals surface area contributed by atoms with Crippen molar-refractivity contribution in [1.82, 2.24) is 89.6 Å². The molecule has 0 spiro atoms. The van der Waals surface area contributed by atoms with Gasteiger partial charge in [-0.25, -0.2) is 19.9 Å². The summed E-state index contributed by atoms with van der Waals surface area (Å²) in [5.74, 6) is 7.25. The van der Waals surface area contributed by atoms with E-state index in [1.54, 1.807) is 114 Å². The Balaban J connectivity index is 0.000000137. The zero-order valence-corrected chi connectivity index (χ0v) is 80.1. The van der Waals surface area contributed by atoms with Crippen LogP contribution in [0.1, 0.15) is 60.3 Å². The van der Waals surface area contributed by atoms with Crippen LogP contribution in [0, 0.1) is 5.92 Å². The molecule has 8 aromatic carbocycles. The molecule has 135 heavy (non-hydrogen) atoms. The summed E-state index contributed by atoms with van der Waals surface area (Å²) in [6.45, 7) is 19.8. The molecule has 2 N–H and O–H groups in total. The van der Waals surface area contributed by atoms with Crippen molar-refractivity contribution in [2.45, 2.75) is 90.5 Å². The first-order valence-electron chi connectivity index (χ1n) is 44.9. The molecule has 0 bridgehead atoms. The minimum absolute atomic E-state index is 0.103. The highest BCUT2D eigenvalue weighted by molar-refractivity contribution is 6.17. The lowest BCUT2D eigenvalue weighted by Crippen LogP contribution is -2.58. The van der Waals surface area contributed by atoms with Crippen LogP contribution in [-0.2, 0) is 32.4 Å². The third-order valence-electron chi connectivity index (χ3n) is 23.1. The number of methoxy groups -OCH3 is 8. The summed E-state index contributed by atoms with van der Waals surface area (Å²) in [5, 5.41) is 24.4. The number of fused-ring (bicyclic) bond motifs is 4. The fourth-order valence-corrected chi connectivity index (χ4v) is 16.2. The van der Waals surface area contributed by atoms with E-state index in [1.807, 2.05) is 160 Å². The average Bonchev–Trinajstić information content (AvgIpc) is 1.72. The Morgan fingerprint density at radius 1 is 0.437 bits per heavy atom. The van der Waals surface area contributed by atoms with Crippen LogP contribution in [0.5, 0.6) is 46.0 Å². The molecule has 1 aliphatic heterocycles. The fraction of sp³-hybridized carbons (Fsp3) is 0.320. The summed E-state index contributed by atoms with van der Waals surface area (Å²) in [6.07, 6.45) is 28.3. The van der Waals surface area contributed by atoms with Gasteiger partial charge in [0, 0.05) is 242 Å². The number of nitrogens with zero attached hydrogens (tertiary/aromatic N) is 20. The first kappa shape index (κ1) is 95.1. The van der Waals surface area contributed by atoms with Gasteiger partial charge in [-0.3, -0.25) is 38.7 Å². The Morgan fingerprint density at radius 3 is 1.15 bits per heavy atom. The van der Waals surface area contributed by atoms with E-state index < -0.39 is 0 Å². The number of hydrogen-bond acceptors (Lipinski definition) is 27. The molecule has 2 fully saturated rings. The molecular formula is C103H117ClN22O9.